The van der Waals surface area contributed by atoms with Gasteiger partial charge in [-0.2, -0.15) is 0 Å². The molecule has 2 heteroatoms. The lowest BCUT2D eigenvalue weighted by molar-refractivity contribution is -0.228. The molecular formula is C31H54O2. The topological polar surface area (TPSA) is 29.5 Å². The first-order valence-electron chi connectivity index (χ1n) is 14.1. The number of fused-ring (bicyclic) bond motifs is 5. The molecule has 4 saturated carbocycles. The monoisotopic (exact) mass is 458 g/mol. The first-order valence-corrected chi connectivity index (χ1v) is 14.1. The molecule has 1 N–H and O–H groups in total. The molecule has 0 aliphatic heterocycles. The van der Waals surface area contributed by atoms with E-state index in [0.717, 1.165) is 24.7 Å². The second-order valence-corrected chi connectivity index (χ2v) is 14.6. The Kier molecular flexibility index (Phi) is 6.52. The van der Waals surface area contributed by atoms with Gasteiger partial charge in [0.05, 0.1) is 11.7 Å². The van der Waals surface area contributed by atoms with Gasteiger partial charge in [0.2, 0.25) is 0 Å². The Labute approximate surface area is 205 Å². The standard InChI is InChI=1S/C31H54O2/c1-21(2)11-10-17-31(8,32)23-14-19-29(6)22(23)12-13-25-28(5)18-16-26(33-9)27(3,4)24(28)15-20-30(25,29)7/h11,22-26,32H,10,12-20H2,1-9H3. The van der Waals surface area contributed by atoms with Crippen LogP contribution in [0.5, 0.6) is 0 Å². The fraction of sp³-hybridized carbons (Fsp3) is 0.935. The summed E-state index contributed by atoms with van der Waals surface area (Å²) in [5, 5.41) is 11.7. The third kappa shape index (κ3) is 3.71. The molecule has 0 aromatic rings. The normalized spacial score (nSPS) is 48.2. The van der Waals surface area contributed by atoms with Crippen molar-refractivity contribution in [1.82, 2.24) is 0 Å². The third-order valence-electron chi connectivity index (χ3n) is 12.6. The van der Waals surface area contributed by atoms with Gasteiger partial charge in [-0.3, -0.25) is 0 Å². The van der Waals surface area contributed by atoms with Crippen molar-refractivity contribution in [3.8, 4) is 0 Å². The largest absolute Gasteiger partial charge is 0.390 e. The molecule has 0 aromatic carbocycles. The van der Waals surface area contributed by atoms with Crippen LogP contribution in [0.15, 0.2) is 11.6 Å². The summed E-state index contributed by atoms with van der Waals surface area (Å²) >= 11 is 0. The highest BCUT2D eigenvalue weighted by Crippen LogP contribution is 2.75. The van der Waals surface area contributed by atoms with Crippen LogP contribution < -0.4 is 0 Å². The van der Waals surface area contributed by atoms with Crippen molar-refractivity contribution in [2.24, 2.45) is 45.3 Å². The maximum Gasteiger partial charge on any atom is 0.0653 e. The Morgan fingerprint density at radius 2 is 1.58 bits per heavy atom. The minimum absolute atomic E-state index is 0.258. The van der Waals surface area contributed by atoms with Crippen LogP contribution in [0.1, 0.15) is 120 Å². The molecule has 4 rings (SSSR count). The average molecular weight is 459 g/mol. The fourth-order valence-corrected chi connectivity index (χ4v) is 10.7. The van der Waals surface area contributed by atoms with Gasteiger partial charge in [-0.1, -0.05) is 46.3 Å². The fourth-order valence-electron chi connectivity index (χ4n) is 10.7. The highest BCUT2D eigenvalue weighted by Gasteiger charge is 2.69. The predicted octanol–water partition coefficient (Wildman–Crippen LogP) is 8.18. The zero-order chi connectivity index (χ0) is 24.4. The quantitative estimate of drug-likeness (QED) is 0.421. The zero-order valence-corrected chi connectivity index (χ0v) is 23.4. The molecule has 33 heavy (non-hydrogen) atoms. The van der Waals surface area contributed by atoms with Crippen LogP contribution in [-0.4, -0.2) is 23.9 Å². The van der Waals surface area contributed by atoms with Crippen molar-refractivity contribution in [3.63, 3.8) is 0 Å². The predicted molar refractivity (Wildman–Crippen MR) is 139 cm³/mol. The van der Waals surface area contributed by atoms with Gasteiger partial charge in [-0.25, -0.2) is 0 Å². The highest BCUT2D eigenvalue weighted by atomic mass is 16.5. The number of hydrogen-bond donors (Lipinski definition) is 1. The van der Waals surface area contributed by atoms with Crippen molar-refractivity contribution in [3.05, 3.63) is 11.6 Å². The van der Waals surface area contributed by atoms with Crippen LogP contribution in [0.2, 0.25) is 0 Å². The summed E-state index contributed by atoms with van der Waals surface area (Å²) < 4.78 is 6.02. The van der Waals surface area contributed by atoms with Gasteiger partial charge in [0, 0.05) is 7.11 Å². The Morgan fingerprint density at radius 1 is 0.909 bits per heavy atom. The second-order valence-electron chi connectivity index (χ2n) is 14.6. The van der Waals surface area contributed by atoms with Crippen molar-refractivity contribution in [1.29, 1.82) is 0 Å². The van der Waals surface area contributed by atoms with Crippen LogP contribution in [0.3, 0.4) is 0 Å². The van der Waals surface area contributed by atoms with Crippen LogP contribution in [0.4, 0.5) is 0 Å². The summed E-state index contributed by atoms with van der Waals surface area (Å²) in [6.07, 6.45) is 15.1. The summed E-state index contributed by atoms with van der Waals surface area (Å²) in [7, 11) is 1.93. The number of aliphatic hydroxyl groups is 1. The van der Waals surface area contributed by atoms with Crippen LogP contribution in [-0.2, 0) is 4.74 Å². The van der Waals surface area contributed by atoms with Crippen LogP contribution >= 0.6 is 0 Å². The Balaban J connectivity index is 1.61. The van der Waals surface area contributed by atoms with E-state index in [9.17, 15) is 5.11 Å². The number of ether oxygens (including phenoxy) is 1. The molecular weight excluding hydrogens is 404 g/mol. The molecule has 0 amide bonds. The van der Waals surface area contributed by atoms with Crippen molar-refractivity contribution >= 4 is 0 Å². The summed E-state index contributed by atoms with van der Waals surface area (Å²) in [4.78, 5) is 0. The number of hydrogen-bond acceptors (Lipinski definition) is 2. The Hall–Kier alpha value is -0.340. The second kappa shape index (κ2) is 8.36. The molecule has 0 spiro atoms. The lowest BCUT2D eigenvalue weighted by Gasteiger charge is -2.70. The summed E-state index contributed by atoms with van der Waals surface area (Å²) in [6, 6.07) is 0. The highest BCUT2D eigenvalue weighted by molar-refractivity contribution is 5.18. The lowest BCUT2D eigenvalue weighted by atomic mass is 9.35. The first-order chi connectivity index (χ1) is 15.2. The third-order valence-corrected chi connectivity index (χ3v) is 12.6. The molecule has 0 heterocycles. The van der Waals surface area contributed by atoms with E-state index in [1.807, 2.05) is 7.11 Å². The SMILES string of the molecule is COC1CCC2(C)C(CCC3(C)C2CCC2C(C(C)(O)CCC=C(C)C)CCC23C)C1(C)C. The lowest BCUT2D eigenvalue weighted by Crippen LogP contribution is -2.64. The van der Waals surface area contributed by atoms with Gasteiger partial charge in [-0.15, -0.1) is 0 Å². The van der Waals surface area contributed by atoms with E-state index in [1.54, 1.807) is 0 Å². The summed E-state index contributed by atoms with van der Waals surface area (Å²) in [5.41, 5.74) is 2.25. The molecule has 9 atom stereocenters. The van der Waals surface area contributed by atoms with E-state index in [2.05, 4.69) is 61.5 Å². The Bertz CT molecular complexity index is 761. The average Bonchev–Trinajstić information content (AvgIpc) is 3.06. The van der Waals surface area contributed by atoms with Crippen molar-refractivity contribution in [2.45, 2.75) is 131 Å². The van der Waals surface area contributed by atoms with Crippen molar-refractivity contribution < 1.29 is 9.84 Å². The van der Waals surface area contributed by atoms with Gasteiger partial charge in [-0.05, 0) is 130 Å². The minimum atomic E-state index is -0.544. The molecule has 4 aliphatic rings. The number of methoxy groups -OCH3 is 1. The van der Waals surface area contributed by atoms with E-state index >= 15 is 0 Å². The molecule has 0 radical (unpaired) electrons. The molecule has 9 unspecified atom stereocenters. The van der Waals surface area contributed by atoms with E-state index in [-0.39, 0.29) is 5.41 Å². The first kappa shape index (κ1) is 25.7. The summed E-state index contributed by atoms with van der Waals surface area (Å²) in [6.45, 7) is 19.5. The molecule has 0 aromatic heterocycles. The summed E-state index contributed by atoms with van der Waals surface area (Å²) in [5.74, 6) is 2.68. The maximum absolute atomic E-state index is 11.7. The van der Waals surface area contributed by atoms with Crippen LogP contribution in [0.25, 0.3) is 0 Å². The Morgan fingerprint density at radius 3 is 2.21 bits per heavy atom. The number of allylic oxidation sites excluding steroid dienone is 2. The maximum atomic E-state index is 11.7. The molecule has 2 nitrogen and oxygen atoms in total. The molecule has 4 fully saturated rings. The smallest absolute Gasteiger partial charge is 0.0653 e. The van der Waals surface area contributed by atoms with Gasteiger partial charge < -0.3 is 9.84 Å². The molecule has 0 bridgehead atoms. The van der Waals surface area contributed by atoms with Gasteiger partial charge in [0.1, 0.15) is 0 Å². The van der Waals surface area contributed by atoms with Gasteiger partial charge in [0.15, 0.2) is 0 Å². The van der Waals surface area contributed by atoms with E-state index in [4.69, 9.17) is 4.74 Å². The van der Waals surface area contributed by atoms with E-state index in [1.165, 1.54) is 56.9 Å². The van der Waals surface area contributed by atoms with Gasteiger partial charge in [0.25, 0.3) is 0 Å². The van der Waals surface area contributed by atoms with Crippen LogP contribution in [0, 0.1) is 45.3 Å². The van der Waals surface area contributed by atoms with Crippen molar-refractivity contribution in [2.75, 3.05) is 7.11 Å². The molecule has 0 saturated heterocycles. The van der Waals surface area contributed by atoms with E-state index in [0.29, 0.717) is 34.2 Å². The zero-order valence-electron chi connectivity index (χ0n) is 23.4. The number of rotatable bonds is 5. The van der Waals surface area contributed by atoms with E-state index < -0.39 is 5.60 Å². The molecule has 190 valence electrons. The van der Waals surface area contributed by atoms with Gasteiger partial charge >= 0.3 is 0 Å². The minimum Gasteiger partial charge on any atom is -0.390 e. The molecule has 4 aliphatic carbocycles.